The molecule has 196 valence electrons. The third-order valence-corrected chi connectivity index (χ3v) is 6.52. The van der Waals surface area contributed by atoms with Crippen LogP contribution in [0, 0.1) is 5.82 Å². The number of likely N-dealkylation sites (N-methyl/N-ethyl adjacent to an activating group) is 1. The molecule has 1 saturated heterocycles. The van der Waals surface area contributed by atoms with E-state index in [9.17, 15) is 9.18 Å². The fraction of sp³-hybridized carbons (Fsp3) is 0.310. The molecule has 5 rings (SSSR count). The summed E-state index contributed by atoms with van der Waals surface area (Å²) in [4.78, 5) is 26.1. The second-order valence-electron chi connectivity index (χ2n) is 9.91. The average Bonchev–Trinajstić information content (AvgIpc) is 3.37. The number of hydrogen-bond donors (Lipinski definition) is 2. The average molecular weight is 514 g/mol. The number of nitrogens with one attached hydrogen (secondary N) is 2. The second-order valence-corrected chi connectivity index (χ2v) is 9.91. The van der Waals surface area contributed by atoms with E-state index in [0.29, 0.717) is 40.3 Å². The van der Waals surface area contributed by atoms with E-state index in [2.05, 4.69) is 37.5 Å². The predicted molar refractivity (Wildman–Crippen MR) is 149 cm³/mol. The second kappa shape index (κ2) is 11.5. The molecule has 9 heteroatoms. The van der Waals surface area contributed by atoms with Crippen LogP contribution in [0.3, 0.4) is 0 Å². The summed E-state index contributed by atoms with van der Waals surface area (Å²) < 4.78 is 14.7. The largest absolute Gasteiger partial charge is 0.371 e. The number of halogens is 1. The van der Waals surface area contributed by atoms with Crippen LogP contribution in [0.25, 0.3) is 22.3 Å². The highest BCUT2D eigenvalue weighted by Gasteiger charge is 2.16. The Kier molecular flexibility index (Phi) is 7.74. The molecule has 38 heavy (non-hydrogen) atoms. The SMILES string of the molecule is CN(C)C/C=C/C(=O)Cc1cc(F)cc(-c2nc(Nc3cccc(N4CCCCC4)c3)nc3[nH]ncc23)c1. The van der Waals surface area contributed by atoms with Crippen molar-refractivity contribution in [3.05, 3.63) is 72.2 Å². The summed E-state index contributed by atoms with van der Waals surface area (Å²) in [5, 5.41) is 11.0. The number of fused-ring (bicyclic) bond motifs is 1. The van der Waals surface area contributed by atoms with Gasteiger partial charge in [0.05, 0.1) is 17.3 Å². The highest BCUT2D eigenvalue weighted by molar-refractivity contribution is 5.93. The van der Waals surface area contributed by atoms with Gasteiger partial charge in [0.15, 0.2) is 11.4 Å². The normalized spacial score (nSPS) is 14.1. The fourth-order valence-electron chi connectivity index (χ4n) is 4.72. The Balaban J connectivity index is 1.43. The van der Waals surface area contributed by atoms with Crippen LogP contribution in [0.15, 0.2) is 60.8 Å². The number of carbonyl (C=O) groups is 1. The van der Waals surface area contributed by atoms with Crippen molar-refractivity contribution in [1.82, 2.24) is 25.1 Å². The first-order valence-corrected chi connectivity index (χ1v) is 12.9. The molecule has 1 aliphatic rings. The fourth-order valence-corrected chi connectivity index (χ4v) is 4.72. The molecular formula is C29H32FN7O. The molecular weight excluding hydrogens is 481 g/mol. The maximum Gasteiger partial charge on any atom is 0.229 e. The Hall–Kier alpha value is -4.11. The maximum atomic E-state index is 14.7. The van der Waals surface area contributed by atoms with Gasteiger partial charge in [-0.05, 0) is 81.4 Å². The molecule has 1 aliphatic heterocycles. The monoisotopic (exact) mass is 513 g/mol. The van der Waals surface area contributed by atoms with E-state index in [-0.39, 0.29) is 12.2 Å². The first-order valence-electron chi connectivity index (χ1n) is 12.9. The van der Waals surface area contributed by atoms with Crippen molar-refractivity contribution >= 4 is 34.1 Å². The van der Waals surface area contributed by atoms with Crippen LogP contribution in [-0.4, -0.2) is 64.6 Å². The number of aromatic nitrogens is 4. The van der Waals surface area contributed by atoms with Gasteiger partial charge in [0.2, 0.25) is 5.95 Å². The quantitative estimate of drug-likeness (QED) is 0.300. The topological polar surface area (TPSA) is 90.0 Å². The Morgan fingerprint density at radius 1 is 1.13 bits per heavy atom. The molecule has 3 heterocycles. The zero-order chi connectivity index (χ0) is 26.5. The molecule has 0 spiro atoms. The van der Waals surface area contributed by atoms with Crippen LogP contribution in [0.5, 0.6) is 0 Å². The van der Waals surface area contributed by atoms with E-state index < -0.39 is 5.82 Å². The lowest BCUT2D eigenvalue weighted by atomic mass is 10.0. The molecule has 0 saturated carbocycles. The summed E-state index contributed by atoms with van der Waals surface area (Å²) in [6.07, 6.45) is 8.76. The molecule has 4 aromatic rings. The zero-order valence-corrected chi connectivity index (χ0v) is 21.7. The van der Waals surface area contributed by atoms with Crippen molar-refractivity contribution in [1.29, 1.82) is 0 Å². The highest BCUT2D eigenvalue weighted by atomic mass is 19.1. The number of anilines is 3. The van der Waals surface area contributed by atoms with E-state index in [1.54, 1.807) is 24.4 Å². The number of nitrogens with zero attached hydrogens (tertiary/aromatic N) is 5. The van der Waals surface area contributed by atoms with Crippen molar-refractivity contribution in [2.45, 2.75) is 25.7 Å². The van der Waals surface area contributed by atoms with Gasteiger partial charge in [0, 0.05) is 43.0 Å². The van der Waals surface area contributed by atoms with Crippen LogP contribution in [0.4, 0.5) is 21.7 Å². The van der Waals surface area contributed by atoms with Gasteiger partial charge in [0.25, 0.3) is 0 Å². The van der Waals surface area contributed by atoms with Crippen LogP contribution >= 0.6 is 0 Å². The number of ketones is 1. The number of piperidine rings is 1. The number of carbonyl (C=O) groups excluding carboxylic acids is 1. The predicted octanol–water partition coefficient (Wildman–Crippen LogP) is 5.12. The summed E-state index contributed by atoms with van der Waals surface area (Å²) in [5.41, 5.74) is 4.25. The molecule has 8 nitrogen and oxygen atoms in total. The Labute approximate surface area is 221 Å². The molecule has 2 aromatic carbocycles. The summed E-state index contributed by atoms with van der Waals surface area (Å²) >= 11 is 0. The lowest BCUT2D eigenvalue weighted by Gasteiger charge is -2.29. The Morgan fingerprint density at radius 3 is 2.79 bits per heavy atom. The van der Waals surface area contributed by atoms with Gasteiger partial charge in [-0.15, -0.1) is 0 Å². The number of allylic oxidation sites excluding steroid dienone is 1. The molecule has 0 bridgehead atoms. The van der Waals surface area contributed by atoms with E-state index in [1.165, 1.54) is 31.4 Å². The number of rotatable bonds is 9. The van der Waals surface area contributed by atoms with Gasteiger partial charge in [-0.1, -0.05) is 12.1 Å². The van der Waals surface area contributed by atoms with Crippen LogP contribution < -0.4 is 10.2 Å². The van der Waals surface area contributed by atoms with Crippen molar-refractivity contribution in [2.75, 3.05) is 43.9 Å². The summed E-state index contributed by atoms with van der Waals surface area (Å²) in [6.45, 7) is 2.77. The molecule has 0 radical (unpaired) electrons. The van der Waals surface area contributed by atoms with Gasteiger partial charge in [-0.25, -0.2) is 9.37 Å². The zero-order valence-electron chi connectivity index (χ0n) is 21.7. The molecule has 1 fully saturated rings. The summed E-state index contributed by atoms with van der Waals surface area (Å²) in [6, 6.07) is 12.8. The standard InChI is InChI=1S/C29H32FN7O/c1-36(2)11-7-10-25(38)16-20-14-21(17-22(30)15-20)27-26-19-31-35-28(26)34-29(33-27)32-23-8-6-9-24(18-23)37-12-4-3-5-13-37/h6-10,14-15,17-19H,3-5,11-13,16H2,1-2H3,(H2,31,32,33,34,35)/b10-7+. The van der Waals surface area contributed by atoms with E-state index in [4.69, 9.17) is 4.98 Å². The molecule has 0 unspecified atom stereocenters. The van der Waals surface area contributed by atoms with E-state index in [1.807, 2.05) is 31.1 Å². The third-order valence-electron chi connectivity index (χ3n) is 6.52. The Morgan fingerprint density at radius 2 is 1.97 bits per heavy atom. The minimum atomic E-state index is -0.429. The lowest BCUT2D eigenvalue weighted by Crippen LogP contribution is -2.29. The van der Waals surface area contributed by atoms with Crippen molar-refractivity contribution < 1.29 is 9.18 Å². The first-order chi connectivity index (χ1) is 18.4. The van der Waals surface area contributed by atoms with Gasteiger partial charge >= 0.3 is 0 Å². The minimum Gasteiger partial charge on any atom is -0.371 e. The van der Waals surface area contributed by atoms with Gasteiger partial charge < -0.3 is 15.1 Å². The molecule has 0 aliphatic carbocycles. The van der Waals surface area contributed by atoms with Crippen LogP contribution in [0.2, 0.25) is 0 Å². The number of aromatic amines is 1. The van der Waals surface area contributed by atoms with E-state index in [0.717, 1.165) is 24.5 Å². The van der Waals surface area contributed by atoms with Crippen LogP contribution in [-0.2, 0) is 11.2 Å². The summed E-state index contributed by atoms with van der Waals surface area (Å²) in [5.74, 6) is -0.141. The number of hydrogen-bond acceptors (Lipinski definition) is 7. The van der Waals surface area contributed by atoms with Crippen molar-refractivity contribution in [3.63, 3.8) is 0 Å². The smallest absolute Gasteiger partial charge is 0.229 e. The summed E-state index contributed by atoms with van der Waals surface area (Å²) in [7, 11) is 3.86. The third kappa shape index (κ3) is 6.23. The lowest BCUT2D eigenvalue weighted by molar-refractivity contribution is -0.114. The Bertz CT molecular complexity index is 1460. The molecule has 2 N–H and O–H groups in total. The van der Waals surface area contributed by atoms with E-state index >= 15 is 0 Å². The minimum absolute atomic E-state index is 0.0875. The van der Waals surface area contributed by atoms with Gasteiger partial charge in [0.1, 0.15) is 5.82 Å². The van der Waals surface area contributed by atoms with Crippen LogP contribution in [0.1, 0.15) is 24.8 Å². The number of H-pyrrole nitrogens is 1. The van der Waals surface area contributed by atoms with Crippen molar-refractivity contribution in [2.24, 2.45) is 0 Å². The molecule has 0 amide bonds. The van der Waals surface area contributed by atoms with Crippen molar-refractivity contribution in [3.8, 4) is 11.3 Å². The molecule has 0 atom stereocenters. The maximum absolute atomic E-state index is 14.7. The first kappa shape index (κ1) is 25.5. The van der Waals surface area contributed by atoms with Gasteiger partial charge in [-0.3, -0.25) is 9.89 Å². The highest BCUT2D eigenvalue weighted by Crippen LogP contribution is 2.30. The molecule has 2 aromatic heterocycles. The van der Waals surface area contributed by atoms with Gasteiger partial charge in [-0.2, -0.15) is 10.1 Å². The number of benzene rings is 2.